The van der Waals surface area contributed by atoms with Gasteiger partial charge in [0, 0.05) is 18.7 Å². The van der Waals surface area contributed by atoms with E-state index in [0.29, 0.717) is 24.9 Å². The summed E-state index contributed by atoms with van der Waals surface area (Å²) in [6.07, 6.45) is -4.50. The molecule has 25 heavy (non-hydrogen) atoms. The van der Waals surface area contributed by atoms with Crippen molar-refractivity contribution >= 4 is 15.9 Å². The summed E-state index contributed by atoms with van der Waals surface area (Å²) in [6.45, 7) is 1.07. The van der Waals surface area contributed by atoms with Gasteiger partial charge in [0.1, 0.15) is 6.54 Å². The van der Waals surface area contributed by atoms with E-state index in [4.69, 9.17) is 0 Å². The van der Waals surface area contributed by atoms with Gasteiger partial charge in [-0.2, -0.15) is 17.5 Å². The molecule has 0 aliphatic carbocycles. The fraction of sp³-hybridized carbons (Fsp3) is 0.533. The van der Waals surface area contributed by atoms with Gasteiger partial charge in [0.05, 0.1) is 4.90 Å². The van der Waals surface area contributed by atoms with E-state index >= 15 is 0 Å². The summed E-state index contributed by atoms with van der Waals surface area (Å²) in [4.78, 5) is 11.7. The highest BCUT2D eigenvalue weighted by Gasteiger charge is 2.41. The molecule has 2 aliphatic heterocycles. The number of hydrogen-bond acceptors (Lipinski definition) is 4. The zero-order chi connectivity index (χ0) is 18.2. The number of fused-ring (bicyclic) bond motifs is 1. The van der Waals surface area contributed by atoms with Crippen LogP contribution in [0.1, 0.15) is 10.4 Å². The van der Waals surface area contributed by atoms with Gasteiger partial charge in [0.15, 0.2) is 0 Å². The monoisotopic (exact) mass is 377 g/mol. The van der Waals surface area contributed by atoms with Crippen molar-refractivity contribution in [3.05, 3.63) is 29.8 Å². The number of nitrogens with zero attached hydrogens (tertiary/aromatic N) is 1. The molecular weight excluding hydrogens is 359 g/mol. The zero-order valence-electron chi connectivity index (χ0n) is 13.2. The van der Waals surface area contributed by atoms with Gasteiger partial charge >= 0.3 is 6.18 Å². The van der Waals surface area contributed by atoms with E-state index in [1.165, 1.54) is 28.6 Å². The van der Waals surface area contributed by atoms with Crippen molar-refractivity contribution in [2.75, 3.05) is 32.7 Å². The van der Waals surface area contributed by atoms with Gasteiger partial charge in [0.2, 0.25) is 10.0 Å². The maximum Gasteiger partial charge on any atom is 0.405 e. The Kier molecular flexibility index (Phi) is 4.78. The van der Waals surface area contributed by atoms with Crippen molar-refractivity contribution in [2.24, 2.45) is 11.8 Å². The highest BCUT2D eigenvalue weighted by atomic mass is 32.2. The molecule has 1 aromatic carbocycles. The molecule has 2 heterocycles. The lowest BCUT2D eigenvalue weighted by Crippen LogP contribution is -2.34. The summed E-state index contributed by atoms with van der Waals surface area (Å²) in [5, 5.41) is 4.98. The summed E-state index contributed by atoms with van der Waals surface area (Å²) in [7, 11) is -3.66. The molecule has 10 heteroatoms. The second-order valence-corrected chi connectivity index (χ2v) is 8.26. The maximum absolute atomic E-state index is 12.7. The quantitative estimate of drug-likeness (QED) is 0.814. The number of halogens is 3. The molecule has 3 rings (SSSR count). The fourth-order valence-corrected chi connectivity index (χ4v) is 4.77. The SMILES string of the molecule is O=C(NCC(F)(F)F)c1ccc(S(=O)(=O)N2C[C@H]3CNC[C@H]3C2)cc1. The molecule has 6 nitrogen and oxygen atoms in total. The van der Waals surface area contributed by atoms with Crippen molar-refractivity contribution in [1.29, 1.82) is 0 Å². The molecule has 2 saturated heterocycles. The first-order valence-corrected chi connectivity index (χ1v) is 9.27. The third-order valence-electron chi connectivity index (χ3n) is 4.56. The highest BCUT2D eigenvalue weighted by Crippen LogP contribution is 2.30. The lowest BCUT2D eigenvalue weighted by molar-refractivity contribution is -0.123. The zero-order valence-corrected chi connectivity index (χ0v) is 14.0. The van der Waals surface area contributed by atoms with Crippen LogP contribution in [0.4, 0.5) is 13.2 Å². The largest absolute Gasteiger partial charge is 0.405 e. The van der Waals surface area contributed by atoms with Crippen LogP contribution in [0.3, 0.4) is 0 Å². The number of carbonyl (C=O) groups excluding carboxylic acids is 1. The summed E-state index contributed by atoms with van der Waals surface area (Å²) < 4.78 is 63.1. The third-order valence-corrected chi connectivity index (χ3v) is 6.41. The highest BCUT2D eigenvalue weighted by molar-refractivity contribution is 7.89. The van der Waals surface area contributed by atoms with E-state index in [9.17, 15) is 26.4 Å². The number of carbonyl (C=O) groups is 1. The standard InChI is InChI=1S/C15H18F3N3O3S/c16-15(17,18)9-20-14(22)10-1-3-13(4-2-10)25(23,24)21-7-11-5-19-6-12(11)8-21/h1-4,11-12,19H,5-9H2,(H,20,22)/t11-,12+. The van der Waals surface area contributed by atoms with Gasteiger partial charge in [0.25, 0.3) is 5.91 Å². The molecule has 2 atom stereocenters. The van der Waals surface area contributed by atoms with E-state index in [1.807, 2.05) is 0 Å². The minimum atomic E-state index is -4.50. The lowest BCUT2D eigenvalue weighted by Gasteiger charge is -2.17. The Bertz CT molecular complexity index is 738. The molecule has 2 N–H and O–H groups in total. The number of hydrogen-bond donors (Lipinski definition) is 2. The molecule has 2 fully saturated rings. The Labute approximate surface area is 143 Å². The van der Waals surface area contributed by atoms with Crippen LogP contribution in [-0.4, -0.2) is 57.5 Å². The van der Waals surface area contributed by atoms with Crippen molar-refractivity contribution in [3.8, 4) is 0 Å². The smallest absolute Gasteiger partial charge is 0.343 e. The summed E-state index contributed by atoms with van der Waals surface area (Å²) >= 11 is 0. The molecule has 0 unspecified atom stereocenters. The first kappa shape index (κ1) is 18.2. The number of alkyl halides is 3. The first-order chi connectivity index (χ1) is 11.7. The Morgan fingerprint density at radius 1 is 1.16 bits per heavy atom. The first-order valence-electron chi connectivity index (χ1n) is 7.83. The van der Waals surface area contributed by atoms with Crippen molar-refractivity contribution in [1.82, 2.24) is 14.9 Å². The maximum atomic E-state index is 12.7. The average Bonchev–Trinajstić information content (AvgIpc) is 3.14. The molecule has 138 valence electrons. The molecule has 2 aliphatic rings. The Morgan fingerprint density at radius 3 is 2.24 bits per heavy atom. The van der Waals surface area contributed by atoms with E-state index in [0.717, 1.165) is 13.1 Å². The van der Waals surface area contributed by atoms with Gasteiger partial charge in [-0.3, -0.25) is 4.79 Å². The van der Waals surface area contributed by atoms with Crippen molar-refractivity contribution in [2.45, 2.75) is 11.1 Å². The number of benzene rings is 1. The van der Waals surface area contributed by atoms with Gasteiger partial charge in [-0.15, -0.1) is 0 Å². The molecule has 1 aromatic rings. The lowest BCUT2D eigenvalue weighted by atomic mass is 10.0. The van der Waals surface area contributed by atoms with E-state index in [1.54, 1.807) is 5.32 Å². The molecule has 0 bridgehead atoms. The number of amides is 1. The van der Waals surface area contributed by atoms with Crippen molar-refractivity contribution in [3.63, 3.8) is 0 Å². The molecule has 0 spiro atoms. The predicted octanol–water partition coefficient (Wildman–Crippen LogP) is 0.819. The van der Waals surface area contributed by atoms with Gasteiger partial charge in [-0.05, 0) is 49.2 Å². The second-order valence-electron chi connectivity index (χ2n) is 6.32. The van der Waals surface area contributed by atoms with Crippen LogP contribution in [0.15, 0.2) is 29.2 Å². The predicted molar refractivity (Wildman–Crippen MR) is 83.4 cm³/mol. The Morgan fingerprint density at radius 2 is 1.72 bits per heavy atom. The van der Waals surface area contributed by atoms with Crippen molar-refractivity contribution < 1.29 is 26.4 Å². The Hall–Kier alpha value is -1.65. The van der Waals surface area contributed by atoms with Crippen LogP contribution in [0.2, 0.25) is 0 Å². The number of rotatable bonds is 4. The van der Waals surface area contributed by atoms with E-state index in [2.05, 4.69) is 5.32 Å². The van der Waals surface area contributed by atoms with Crippen LogP contribution in [0.5, 0.6) is 0 Å². The normalized spacial score (nSPS) is 24.3. The second kappa shape index (κ2) is 6.58. The number of nitrogens with one attached hydrogen (secondary N) is 2. The molecule has 1 amide bonds. The minimum absolute atomic E-state index is 0.0225. The van der Waals surface area contributed by atoms with Gasteiger partial charge < -0.3 is 10.6 Å². The fourth-order valence-electron chi connectivity index (χ4n) is 3.22. The summed E-state index contributed by atoms with van der Waals surface area (Å²) in [5.41, 5.74) is -0.0225. The van der Waals surface area contributed by atoms with Crippen LogP contribution >= 0.6 is 0 Å². The van der Waals surface area contributed by atoms with Gasteiger partial charge in [-0.25, -0.2) is 8.42 Å². The molecule has 0 aromatic heterocycles. The van der Waals surface area contributed by atoms with Crippen LogP contribution < -0.4 is 10.6 Å². The molecule has 0 radical (unpaired) electrons. The summed E-state index contributed by atoms with van der Waals surface area (Å²) in [5.74, 6) is -0.285. The Balaban J connectivity index is 1.68. The third kappa shape index (κ3) is 3.96. The van der Waals surface area contributed by atoms with Gasteiger partial charge in [-0.1, -0.05) is 0 Å². The topological polar surface area (TPSA) is 78.5 Å². The van der Waals surface area contributed by atoms with Crippen LogP contribution in [0, 0.1) is 11.8 Å². The minimum Gasteiger partial charge on any atom is -0.343 e. The average molecular weight is 377 g/mol. The van der Waals surface area contributed by atoms with Crippen LogP contribution in [0.25, 0.3) is 0 Å². The molecular formula is C15H18F3N3O3S. The molecule has 0 saturated carbocycles. The van der Waals surface area contributed by atoms with Crippen LogP contribution in [-0.2, 0) is 10.0 Å². The van der Waals surface area contributed by atoms with E-state index in [-0.39, 0.29) is 10.5 Å². The number of sulfonamides is 1. The van der Waals surface area contributed by atoms with E-state index < -0.39 is 28.7 Å². The summed E-state index contributed by atoms with van der Waals surface area (Å²) in [6, 6.07) is 4.95.